The fraction of sp³-hybridized carbons (Fsp3) is 0.467. The summed E-state index contributed by atoms with van der Waals surface area (Å²) in [4.78, 5) is 0. The number of hydrogen-bond donors (Lipinski definition) is 2. The minimum absolute atomic E-state index is 0.0102. The van der Waals surface area contributed by atoms with Gasteiger partial charge in [0.05, 0.1) is 6.10 Å². The number of aliphatic hydroxyl groups is 1. The van der Waals surface area contributed by atoms with Gasteiger partial charge in [0.25, 0.3) is 0 Å². The summed E-state index contributed by atoms with van der Waals surface area (Å²) in [6, 6.07) is 3.14. The van der Waals surface area contributed by atoms with Crippen LogP contribution in [-0.2, 0) is 0 Å². The molecular formula is C15H19F2NO. The van der Waals surface area contributed by atoms with Crippen molar-refractivity contribution in [2.24, 2.45) is 5.92 Å². The number of halogens is 2. The first-order valence-electron chi connectivity index (χ1n) is 6.65. The van der Waals surface area contributed by atoms with Crippen molar-refractivity contribution in [1.29, 1.82) is 0 Å². The summed E-state index contributed by atoms with van der Waals surface area (Å²) in [6.45, 7) is 1.03. The molecule has 2 nitrogen and oxygen atoms in total. The fourth-order valence-corrected chi connectivity index (χ4v) is 2.35. The normalized spacial score (nSPS) is 20.5. The largest absolute Gasteiger partial charge is 0.387 e. The Hall–Kier alpha value is -1.26. The topological polar surface area (TPSA) is 32.3 Å². The molecule has 0 saturated carbocycles. The standard InChI is InChI=1S/C15H19F2NO/c16-12-6-7-14(17)13(8-12)15(19)10-18-9-11-4-2-1-3-5-11/h1-2,6-8,11,15,18-19H,3-5,9-10H2. The Balaban J connectivity index is 1.82. The third-order valence-corrected chi connectivity index (χ3v) is 3.47. The fourth-order valence-electron chi connectivity index (χ4n) is 2.35. The van der Waals surface area contributed by atoms with Crippen LogP contribution in [0.2, 0.25) is 0 Å². The average Bonchev–Trinajstić information content (AvgIpc) is 2.42. The van der Waals surface area contributed by atoms with E-state index in [1.807, 2.05) is 0 Å². The summed E-state index contributed by atoms with van der Waals surface area (Å²) in [5.41, 5.74) is 0.0102. The van der Waals surface area contributed by atoms with Crippen LogP contribution >= 0.6 is 0 Å². The summed E-state index contributed by atoms with van der Waals surface area (Å²) < 4.78 is 26.5. The molecule has 0 fully saturated rings. The number of rotatable bonds is 5. The first-order chi connectivity index (χ1) is 9.16. The van der Waals surface area contributed by atoms with Gasteiger partial charge in [-0.1, -0.05) is 12.2 Å². The lowest BCUT2D eigenvalue weighted by molar-refractivity contribution is 0.167. The zero-order valence-corrected chi connectivity index (χ0v) is 10.8. The number of benzene rings is 1. The second-order valence-electron chi connectivity index (χ2n) is 4.99. The third-order valence-electron chi connectivity index (χ3n) is 3.47. The minimum Gasteiger partial charge on any atom is -0.387 e. The van der Waals surface area contributed by atoms with Crippen LogP contribution in [0.15, 0.2) is 30.4 Å². The zero-order valence-electron chi connectivity index (χ0n) is 10.8. The van der Waals surface area contributed by atoms with Gasteiger partial charge in [-0.3, -0.25) is 0 Å². The van der Waals surface area contributed by atoms with E-state index in [9.17, 15) is 13.9 Å². The molecule has 1 aromatic rings. The highest BCUT2D eigenvalue weighted by Crippen LogP contribution is 2.19. The van der Waals surface area contributed by atoms with E-state index in [-0.39, 0.29) is 12.1 Å². The Morgan fingerprint density at radius 3 is 2.89 bits per heavy atom. The number of allylic oxidation sites excluding steroid dienone is 2. The molecule has 0 heterocycles. The van der Waals surface area contributed by atoms with Crippen molar-refractivity contribution in [2.75, 3.05) is 13.1 Å². The first kappa shape index (κ1) is 14.2. The Morgan fingerprint density at radius 1 is 1.32 bits per heavy atom. The van der Waals surface area contributed by atoms with Crippen LogP contribution in [0.3, 0.4) is 0 Å². The molecule has 1 aliphatic rings. The number of nitrogens with one attached hydrogen (secondary N) is 1. The van der Waals surface area contributed by atoms with E-state index in [0.29, 0.717) is 5.92 Å². The van der Waals surface area contributed by atoms with Crippen molar-refractivity contribution in [3.8, 4) is 0 Å². The van der Waals surface area contributed by atoms with Gasteiger partial charge in [-0.25, -0.2) is 8.78 Å². The molecule has 0 saturated heterocycles. The van der Waals surface area contributed by atoms with E-state index in [0.717, 1.165) is 44.0 Å². The zero-order chi connectivity index (χ0) is 13.7. The van der Waals surface area contributed by atoms with Crippen LogP contribution in [0.1, 0.15) is 30.9 Å². The molecule has 2 atom stereocenters. The van der Waals surface area contributed by atoms with Gasteiger partial charge in [-0.15, -0.1) is 0 Å². The molecule has 0 bridgehead atoms. The smallest absolute Gasteiger partial charge is 0.129 e. The van der Waals surface area contributed by atoms with Gasteiger partial charge in [0, 0.05) is 12.1 Å². The molecule has 1 aromatic carbocycles. The van der Waals surface area contributed by atoms with Crippen molar-refractivity contribution in [2.45, 2.75) is 25.4 Å². The van der Waals surface area contributed by atoms with Crippen molar-refractivity contribution >= 4 is 0 Å². The number of aliphatic hydroxyl groups excluding tert-OH is 1. The average molecular weight is 267 g/mol. The van der Waals surface area contributed by atoms with Gasteiger partial charge in [-0.05, 0) is 49.9 Å². The molecule has 2 rings (SSSR count). The number of hydrogen-bond acceptors (Lipinski definition) is 2. The Labute approximate surface area is 112 Å². The van der Waals surface area contributed by atoms with E-state index in [1.54, 1.807) is 0 Å². The van der Waals surface area contributed by atoms with Crippen LogP contribution in [0.5, 0.6) is 0 Å². The molecule has 1 aliphatic carbocycles. The summed E-state index contributed by atoms with van der Waals surface area (Å²) in [5, 5.41) is 13.0. The van der Waals surface area contributed by atoms with Crippen LogP contribution in [0.4, 0.5) is 8.78 Å². The maximum Gasteiger partial charge on any atom is 0.129 e. The van der Waals surface area contributed by atoms with Gasteiger partial charge >= 0.3 is 0 Å². The van der Waals surface area contributed by atoms with Crippen molar-refractivity contribution in [1.82, 2.24) is 5.32 Å². The van der Waals surface area contributed by atoms with Gasteiger partial charge < -0.3 is 10.4 Å². The molecule has 19 heavy (non-hydrogen) atoms. The van der Waals surface area contributed by atoms with E-state index in [4.69, 9.17) is 0 Å². The van der Waals surface area contributed by atoms with Crippen LogP contribution in [-0.4, -0.2) is 18.2 Å². The van der Waals surface area contributed by atoms with Gasteiger partial charge in [0.15, 0.2) is 0 Å². The highest BCUT2D eigenvalue weighted by atomic mass is 19.1. The van der Waals surface area contributed by atoms with Gasteiger partial charge in [0.1, 0.15) is 11.6 Å². The predicted octanol–water partition coefficient (Wildman–Crippen LogP) is 2.94. The van der Waals surface area contributed by atoms with Crippen LogP contribution in [0.25, 0.3) is 0 Å². The molecule has 0 aromatic heterocycles. The third kappa shape index (κ3) is 4.11. The molecule has 2 unspecified atom stereocenters. The lowest BCUT2D eigenvalue weighted by Crippen LogP contribution is -2.28. The van der Waals surface area contributed by atoms with Gasteiger partial charge in [0.2, 0.25) is 0 Å². The summed E-state index contributed by atoms with van der Waals surface area (Å²) >= 11 is 0. The molecule has 4 heteroatoms. The van der Waals surface area contributed by atoms with Gasteiger partial charge in [-0.2, -0.15) is 0 Å². The van der Waals surface area contributed by atoms with E-state index in [2.05, 4.69) is 17.5 Å². The van der Waals surface area contributed by atoms with E-state index in [1.165, 1.54) is 0 Å². The minimum atomic E-state index is -1.02. The molecule has 0 aliphatic heterocycles. The second-order valence-corrected chi connectivity index (χ2v) is 4.99. The van der Waals surface area contributed by atoms with E-state index < -0.39 is 17.7 Å². The predicted molar refractivity (Wildman–Crippen MR) is 70.7 cm³/mol. The SMILES string of the molecule is OC(CNCC1CC=CCC1)c1cc(F)ccc1F. The molecule has 0 radical (unpaired) electrons. The molecule has 0 amide bonds. The quantitative estimate of drug-likeness (QED) is 0.804. The van der Waals surface area contributed by atoms with Crippen LogP contribution < -0.4 is 5.32 Å². The Morgan fingerprint density at radius 2 is 2.16 bits per heavy atom. The molecule has 2 N–H and O–H groups in total. The molecule has 0 spiro atoms. The second kappa shape index (κ2) is 6.78. The monoisotopic (exact) mass is 267 g/mol. The van der Waals surface area contributed by atoms with Crippen LogP contribution in [0, 0.1) is 17.6 Å². The molecule has 104 valence electrons. The maximum atomic E-state index is 13.4. The summed E-state index contributed by atoms with van der Waals surface area (Å²) in [6.07, 6.45) is 6.58. The molecular weight excluding hydrogens is 248 g/mol. The summed E-state index contributed by atoms with van der Waals surface area (Å²) in [5.74, 6) is -0.543. The van der Waals surface area contributed by atoms with Crippen molar-refractivity contribution < 1.29 is 13.9 Å². The van der Waals surface area contributed by atoms with E-state index >= 15 is 0 Å². The van der Waals surface area contributed by atoms with Crippen molar-refractivity contribution in [3.05, 3.63) is 47.5 Å². The lowest BCUT2D eigenvalue weighted by Gasteiger charge is -2.19. The lowest BCUT2D eigenvalue weighted by atomic mass is 9.94. The first-order valence-corrected chi connectivity index (χ1v) is 6.65. The highest BCUT2D eigenvalue weighted by molar-refractivity contribution is 5.21. The summed E-state index contributed by atoms with van der Waals surface area (Å²) in [7, 11) is 0. The Bertz CT molecular complexity index is 448. The van der Waals surface area contributed by atoms with Crippen molar-refractivity contribution in [3.63, 3.8) is 0 Å². The highest BCUT2D eigenvalue weighted by Gasteiger charge is 2.15. The Kier molecular flexibility index (Phi) is 5.05. The maximum absolute atomic E-state index is 13.4.